The molecule has 0 spiro atoms. The third-order valence-corrected chi connectivity index (χ3v) is 4.82. The van der Waals surface area contributed by atoms with Gasteiger partial charge in [-0.25, -0.2) is 0 Å². The van der Waals surface area contributed by atoms with Crippen molar-refractivity contribution >= 4 is 17.4 Å². The fourth-order valence-corrected chi connectivity index (χ4v) is 3.55. The normalized spacial score (nSPS) is 20.9. The van der Waals surface area contributed by atoms with Gasteiger partial charge < -0.3 is 4.90 Å². The van der Waals surface area contributed by atoms with Crippen LogP contribution in [0.5, 0.6) is 0 Å². The van der Waals surface area contributed by atoms with Crippen molar-refractivity contribution in [3.63, 3.8) is 0 Å². The van der Waals surface area contributed by atoms with E-state index in [0.717, 1.165) is 5.69 Å². The molecule has 1 saturated carbocycles. The van der Waals surface area contributed by atoms with Crippen LogP contribution >= 0.6 is 0 Å². The Hall–Kier alpha value is -1.64. The largest absolute Gasteiger partial charge is 0.311 e. The molecule has 1 amide bonds. The number of amides is 1. The third-order valence-electron chi connectivity index (χ3n) is 4.82. The van der Waals surface area contributed by atoms with E-state index in [-0.39, 0.29) is 17.6 Å². The van der Waals surface area contributed by atoms with Crippen LogP contribution in [0.2, 0.25) is 0 Å². The van der Waals surface area contributed by atoms with Gasteiger partial charge in [-0.3, -0.25) is 9.59 Å². The third kappa shape index (κ3) is 2.26. The monoisotopic (exact) mass is 271 g/mol. The lowest BCUT2D eigenvalue weighted by atomic mass is 9.90. The van der Waals surface area contributed by atoms with Crippen LogP contribution in [-0.2, 0) is 4.79 Å². The molecule has 0 saturated heterocycles. The summed E-state index contributed by atoms with van der Waals surface area (Å²) in [6.45, 7) is 2.59. The van der Waals surface area contributed by atoms with Gasteiger partial charge in [0, 0.05) is 24.4 Å². The average molecular weight is 271 g/mol. The van der Waals surface area contributed by atoms with Gasteiger partial charge in [-0.1, -0.05) is 31.9 Å². The van der Waals surface area contributed by atoms with Gasteiger partial charge >= 0.3 is 0 Å². The van der Waals surface area contributed by atoms with Gasteiger partial charge in [0.2, 0.25) is 5.91 Å². The van der Waals surface area contributed by atoms with Crippen LogP contribution in [0.4, 0.5) is 5.69 Å². The number of ketones is 1. The van der Waals surface area contributed by atoms with Gasteiger partial charge in [-0.2, -0.15) is 0 Å². The second-order valence-electron chi connectivity index (χ2n) is 6.01. The molecule has 20 heavy (non-hydrogen) atoms. The van der Waals surface area contributed by atoms with Crippen molar-refractivity contribution in [3.8, 4) is 0 Å². The van der Waals surface area contributed by atoms with E-state index >= 15 is 0 Å². The zero-order valence-corrected chi connectivity index (χ0v) is 12.0. The van der Waals surface area contributed by atoms with Crippen molar-refractivity contribution in [2.24, 2.45) is 11.8 Å². The average Bonchev–Trinajstić information content (AvgIpc) is 3.01. The van der Waals surface area contributed by atoms with Crippen LogP contribution in [0.15, 0.2) is 24.3 Å². The molecule has 3 rings (SSSR count). The lowest BCUT2D eigenvalue weighted by Crippen LogP contribution is -2.42. The van der Waals surface area contributed by atoms with Crippen molar-refractivity contribution < 1.29 is 9.59 Å². The van der Waals surface area contributed by atoms with Crippen LogP contribution in [0, 0.1) is 11.8 Å². The van der Waals surface area contributed by atoms with E-state index in [9.17, 15) is 9.59 Å². The van der Waals surface area contributed by atoms with Gasteiger partial charge in [-0.05, 0) is 30.9 Å². The quantitative estimate of drug-likeness (QED) is 0.826. The molecule has 1 fully saturated rings. The molecule has 1 aromatic rings. The molecule has 3 heteroatoms. The highest BCUT2D eigenvalue weighted by molar-refractivity contribution is 6.09. The zero-order chi connectivity index (χ0) is 14.1. The van der Waals surface area contributed by atoms with Crippen LogP contribution < -0.4 is 4.90 Å². The second-order valence-corrected chi connectivity index (χ2v) is 6.01. The number of anilines is 1. The first-order valence-corrected chi connectivity index (χ1v) is 7.62. The minimum atomic E-state index is 0.0683. The van der Waals surface area contributed by atoms with Gasteiger partial charge in [0.1, 0.15) is 0 Å². The molecule has 0 N–H and O–H groups in total. The fourth-order valence-electron chi connectivity index (χ4n) is 3.55. The van der Waals surface area contributed by atoms with E-state index in [2.05, 4.69) is 6.92 Å². The number of hydrogen-bond donors (Lipinski definition) is 0. The highest BCUT2D eigenvalue weighted by Crippen LogP contribution is 2.35. The number of nitrogens with zero attached hydrogens (tertiary/aromatic N) is 1. The number of benzene rings is 1. The molecular weight excluding hydrogens is 250 g/mol. The Bertz CT molecular complexity index is 532. The molecule has 1 aromatic carbocycles. The van der Waals surface area contributed by atoms with Gasteiger partial charge in [0.05, 0.1) is 5.69 Å². The Morgan fingerprint density at radius 1 is 1.25 bits per heavy atom. The molecule has 1 unspecified atom stereocenters. The number of rotatable bonds is 2. The van der Waals surface area contributed by atoms with Crippen molar-refractivity contribution in [2.75, 3.05) is 11.4 Å². The second kappa shape index (κ2) is 5.39. The lowest BCUT2D eigenvalue weighted by molar-refractivity contribution is -0.123. The molecule has 106 valence electrons. The van der Waals surface area contributed by atoms with Crippen molar-refractivity contribution in [1.29, 1.82) is 0 Å². The van der Waals surface area contributed by atoms with Crippen LogP contribution in [0.1, 0.15) is 49.4 Å². The molecule has 0 aromatic heterocycles. The van der Waals surface area contributed by atoms with E-state index in [1.165, 1.54) is 25.7 Å². The summed E-state index contributed by atoms with van der Waals surface area (Å²) in [5.41, 5.74) is 1.50. The predicted octanol–water partition coefficient (Wildman–Crippen LogP) is 3.43. The van der Waals surface area contributed by atoms with E-state index in [1.54, 1.807) is 0 Å². The first kappa shape index (κ1) is 13.3. The SMILES string of the molecule is CC(C(=O)N1CCC(=O)c2ccccc21)C1CCCC1. The summed E-state index contributed by atoms with van der Waals surface area (Å²) in [5, 5.41) is 0. The van der Waals surface area contributed by atoms with Crippen molar-refractivity contribution in [1.82, 2.24) is 0 Å². The highest BCUT2D eigenvalue weighted by atomic mass is 16.2. The maximum atomic E-state index is 12.8. The van der Waals surface area contributed by atoms with Crippen molar-refractivity contribution in [3.05, 3.63) is 29.8 Å². The Morgan fingerprint density at radius 3 is 2.70 bits per heavy atom. The highest BCUT2D eigenvalue weighted by Gasteiger charge is 2.33. The van der Waals surface area contributed by atoms with Crippen LogP contribution in [-0.4, -0.2) is 18.2 Å². The van der Waals surface area contributed by atoms with E-state index in [1.807, 2.05) is 29.2 Å². The Balaban J connectivity index is 1.85. The summed E-state index contributed by atoms with van der Waals surface area (Å²) < 4.78 is 0. The first-order chi connectivity index (χ1) is 9.68. The summed E-state index contributed by atoms with van der Waals surface area (Å²) in [7, 11) is 0. The van der Waals surface area contributed by atoms with Crippen molar-refractivity contribution in [2.45, 2.75) is 39.0 Å². The molecule has 0 radical (unpaired) electrons. The van der Waals surface area contributed by atoms with Crippen LogP contribution in [0.3, 0.4) is 0 Å². The Kier molecular flexibility index (Phi) is 3.60. The smallest absolute Gasteiger partial charge is 0.230 e. The number of fused-ring (bicyclic) bond motifs is 1. The molecule has 0 bridgehead atoms. The molecule has 3 nitrogen and oxygen atoms in total. The summed E-state index contributed by atoms with van der Waals surface area (Å²) >= 11 is 0. The van der Waals surface area contributed by atoms with Gasteiger partial charge in [0.15, 0.2) is 5.78 Å². The maximum absolute atomic E-state index is 12.8. The summed E-state index contributed by atoms with van der Waals surface area (Å²) in [6.07, 6.45) is 5.28. The lowest BCUT2D eigenvalue weighted by Gasteiger charge is -2.32. The summed E-state index contributed by atoms with van der Waals surface area (Å²) in [6, 6.07) is 7.49. The molecule has 1 heterocycles. The Labute approximate surface area is 120 Å². The molecule has 1 aliphatic carbocycles. The number of carbonyl (C=O) groups is 2. The van der Waals surface area contributed by atoms with Gasteiger partial charge in [0.25, 0.3) is 0 Å². The minimum Gasteiger partial charge on any atom is -0.311 e. The number of Topliss-reactive ketones (excluding diaryl/α,β-unsaturated/α-hetero) is 1. The van der Waals surface area contributed by atoms with Gasteiger partial charge in [-0.15, -0.1) is 0 Å². The molecular formula is C17H21NO2. The first-order valence-electron chi connectivity index (χ1n) is 7.62. The molecule has 1 atom stereocenters. The number of para-hydroxylation sites is 1. The Morgan fingerprint density at radius 2 is 1.95 bits per heavy atom. The maximum Gasteiger partial charge on any atom is 0.230 e. The number of hydrogen-bond acceptors (Lipinski definition) is 2. The van der Waals surface area contributed by atoms with E-state index in [0.29, 0.717) is 24.4 Å². The van der Waals surface area contributed by atoms with E-state index < -0.39 is 0 Å². The fraction of sp³-hybridized carbons (Fsp3) is 0.529. The van der Waals surface area contributed by atoms with Crippen LogP contribution in [0.25, 0.3) is 0 Å². The summed E-state index contributed by atoms with van der Waals surface area (Å²) in [4.78, 5) is 26.5. The minimum absolute atomic E-state index is 0.0683. The van der Waals surface area contributed by atoms with E-state index in [4.69, 9.17) is 0 Å². The molecule has 2 aliphatic rings. The predicted molar refractivity (Wildman–Crippen MR) is 78.9 cm³/mol. The number of carbonyl (C=O) groups excluding carboxylic acids is 2. The topological polar surface area (TPSA) is 37.4 Å². The standard InChI is InChI=1S/C17H21NO2/c1-12(13-6-2-3-7-13)17(20)18-11-10-16(19)14-8-4-5-9-15(14)18/h4-5,8-9,12-13H,2-3,6-7,10-11H2,1H3. The zero-order valence-electron chi connectivity index (χ0n) is 12.0. The summed E-state index contributed by atoms with van der Waals surface area (Å²) in [5.74, 6) is 0.932. The molecule has 1 aliphatic heterocycles.